The summed E-state index contributed by atoms with van der Waals surface area (Å²) in [6.45, 7) is 2.80. The summed E-state index contributed by atoms with van der Waals surface area (Å²) >= 11 is 7.34. The minimum atomic E-state index is -0.769. The number of alkyl halides is 2. The van der Waals surface area contributed by atoms with Crippen molar-refractivity contribution < 1.29 is 19.1 Å². The summed E-state index contributed by atoms with van der Waals surface area (Å²) in [5.41, 5.74) is 0. The number of amides is 3. The highest BCUT2D eigenvalue weighted by Gasteiger charge is 2.67. The molecule has 4 rings (SSSR count). The third kappa shape index (κ3) is 2.70. The van der Waals surface area contributed by atoms with Crippen LogP contribution in [0.1, 0.15) is 26.2 Å². The molecule has 0 unspecified atom stereocenters. The van der Waals surface area contributed by atoms with Gasteiger partial charge in [0.1, 0.15) is 6.04 Å². The summed E-state index contributed by atoms with van der Waals surface area (Å²) < 4.78 is 5.50. The minimum absolute atomic E-state index is 0.0414. The Hall–Kier alpha value is -0.470. The lowest BCUT2D eigenvalue weighted by Gasteiger charge is -2.28. The number of carbonyl (C=O) groups excluding carboxylic acids is 3. The molecular formula is C17H22Br2N2O4. The Labute approximate surface area is 163 Å². The summed E-state index contributed by atoms with van der Waals surface area (Å²) in [5.74, 6) is -0.841. The molecule has 2 saturated carbocycles. The number of ether oxygens (including phenoxy) is 1. The molecular weight excluding hydrogens is 456 g/mol. The monoisotopic (exact) mass is 476 g/mol. The fourth-order valence-corrected chi connectivity index (χ4v) is 6.91. The summed E-state index contributed by atoms with van der Waals surface area (Å²) in [6.07, 6.45) is 2.88. The first kappa shape index (κ1) is 17.9. The van der Waals surface area contributed by atoms with Gasteiger partial charge in [-0.05, 0) is 38.0 Å². The molecule has 0 aromatic rings. The minimum Gasteiger partial charge on any atom is -0.376 e. The maximum atomic E-state index is 12.9. The highest BCUT2D eigenvalue weighted by molar-refractivity contribution is 9.12. The summed E-state index contributed by atoms with van der Waals surface area (Å²) in [6, 6.07) is -0.769. The van der Waals surface area contributed by atoms with Crippen molar-refractivity contribution >= 4 is 49.6 Å². The fraction of sp³-hybridized carbons (Fsp3) is 0.824. The molecule has 2 bridgehead atoms. The first-order valence-corrected chi connectivity index (χ1v) is 10.8. The second-order valence-electron chi connectivity index (χ2n) is 7.61. The second kappa shape index (κ2) is 6.60. The van der Waals surface area contributed by atoms with Gasteiger partial charge >= 0.3 is 0 Å². The van der Waals surface area contributed by atoms with Crippen LogP contribution in [-0.4, -0.2) is 57.6 Å². The number of halogens is 2. The number of hydrogen-bond acceptors (Lipinski definition) is 4. The van der Waals surface area contributed by atoms with Crippen molar-refractivity contribution in [1.29, 1.82) is 0 Å². The lowest BCUT2D eigenvalue weighted by atomic mass is 9.81. The molecule has 0 aromatic carbocycles. The summed E-state index contributed by atoms with van der Waals surface area (Å²) in [5, 5.41) is 2.84. The van der Waals surface area contributed by atoms with Gasteiger partial charge in [-0.3, -0.25) is 19.3 Å². The number of hydrogen-bond donors (Lipinski definition) is 1. The standard InChI is InChI=1S/C17H22Br2N2O4/c1-7(15(22)20-6-8-3-2-4-25-8)21-16(23)11-9-5-10(12(11)17(21)24)14(19)13(9)18/h7-14H,2-6H2,1H3,(H,20,22)/t7-,8+,9-,10-,11-,12-,13-,14+/m1/s1. The number of likely N-dealkylation sites (tertiary alicyclic amines) is 1. The molecule has 2 heterocycles. The van der Waals surface area contributed by atoms with Crippen LogP contribution in [0.5, 0.6) is 0 Å². The molecule has 2 aliphatic carbocycles. The normalized spacial score (nSPS) is 43.6. The van der Waals surface area contributed by atoms with Crippen LogP contribution in [0.3, 0.4) is 0 Å². The van der Waals surface area contributed by atoms with E-state index in [1.807, 2.05) is 0 Å². The first-order valence-electron chi connectivity index (χ1n) is 8.96. The molecule has 8 heteroatoms. The fourth-order valence-electron chi connectivity index (χ4n) is 5.04. The quantitative estimate of drug-likeness (QED) is 0.491. The van der Waals surface area contributed by atoms with E-state index in [9.17, 15) is 14.4 Å². The van der Waals surface area contributed by atoms with Gasteiger partial charge in [0.25, 0.3) is 0 Å². The van der Waals surface area contributed by atoms with Crippen molar-refractivity contribution in [3.8, 4) is 0 Å². The molecule has 138 valence electrons. The molecule has 0 radical (unpaired) electrons. The molecule has 25 heavy (non-hydrogen) atoms. The van der Waals surface area contributed by atoms with Crippen LogP contribution in [-0.2, 0) is 19.1 Å². The third-order valence-electron chi connectivity index (χ3n) is 6.32. The number of fused-ring (bicyclic) bond motifs is 5. The van der Waals surface area contributed by atoms with E-state index in [0.717, 1.165) is 25.9 Å². The van der Waals surface area contributed by atoms with Crippen LogP contribution in [0.25, 0.3) is 0 Å². The molecule has 1 N–H and O–H groups in total. The van der Waals surface area contributed by atoms with Gasteiger partial charge in [-0.1, -0.05) is 31.9 Å². The van der Waals surface area contributed by atoms with Crippen molar-refractivity contribution in [3.05, 3.63) is 0 Å². The molecule has 4 aliphatic rings. The zero-order valence-corrected chi connectivity index (χ0v) is 17.2. The first-order chi connectivity index (χ1) is 11.9. The van der Waals surface area contributed by atoms with Gasteiger partial charge in [-0.25, -0.2) is 0 Å². The highest BCUT2D eigenvalue weighted by atomic mass is 79.9. The molecule has 0 spiro atoms. The number of nitrogens with one attached hydrogen (secondary N) is 1. The van der Waals surface area contributed by atoms with E-state index in [1.54, 1.807) is 6.92 Å². The molecule has 2 aliphatic heterocycles. The Morgan fingerprint density at radius 3 is 2.36 bits per heavy atom. The Morgan fingerprint density at radius 2 is 1.84 bits per heavy atom. The molecule has 2 saturated heterocycles. The third-order valence-corrected chi connectivity index (χ3v) is 9.52. The highest BCUT2D eigenvalue weighted by Crippen LogP contribution is 2.60. The van der Waals surface area contributed by atoms with Gasteiger partial charge in [-0.15, -0.1) is 0 Å². The van der Waals surface area contributed by atoms with Crippen LogP contribution in [0.15, 0.2) is 0 Å². The maximum Gasteiger partial charge on any atom is 0.243 e. The van der Waals surface area contributed by atoms with Crippen LogP contribution in [0, 0.1) is 23.7 Å². The van der Waals surface area contributed by atoms with E-state index in [-0.39, 0.29) is 57.2 Å². The molecule has 4 fully saturated rings. The number of rotatable bonds is 4. The number of nitrogens with zero attached hydrogens (tertiary/aromatic N) is 1. The average Bonchev–Trinajstić information content (AvgIpc) is 3.33. The summed E-state index contributed by atoms with van der Waals surface area (Å²) in [4.78, 5) is 39.9. The van der Waals surface area contributed by atoms with Crippen molar-refractivity contribution in [3.63, 3.8) is 0 Å². The Morgan fingerprint density at radius 1 is 1.24 bits per heavy atom. The van der Waals surface area contributed by atoms with E-state index >= 15 is 0 Å². The zero-order valence-electron chi connectivity index (χ0n) is 14.0. The molecule has 3 amide bonds. The van der Waals surface area contributed by atoms with E-state index in [1.165, 1.54) is 4.90 Å². The van der Waals surface area contributed by atoms with Crippen LogP contribution < -0.4 is 5.32 Å². The average molecular weight is 478 g/mol. The lowest BCUT2D eigenvalue weighted by molar-refractivity contribution is -0.148. The predicted molar refractivity (Wildman–Crippen MR) is 97.3 cm³/mol. The SMILES string of the molecule is C[C@H](C(=O)NC[C@@H]1CCCO1)N1C(=O)[C@@H]2[C@H]3C[C@@H]([C@@H](Br)[C@H]3Br)[C@H]2C1=O. The van der Waals surface area contributed by atoms with Gasteiger partial charge in [0.15, 0.2) is 0 Å². The van der Waals surface area contributed by atoms with Crippen molar-refractivity contribution in [2.24, 2.45) is 23.7 Å². The van der Waals surface area contributed by atoms with E-state index < -0.39 is 6.04 Å². The number of imide groups is 1. The largest absolute Gasteiger partial charge is 0.376 e. The molecule has 0 aromatic heterocycles. The van der Waals surface area contributed by atoms with Gasteiger partial charge in [0, 0.05) is 22.8 Å². The Bertz CT molecular complexity index is 577. The molecule has 6 nitrogen and oxygen atoms in total. The topological polar surface area (TPSA) is 75.7 Å². The van der Waals surface area contributed by atoms with E-state index in [2.05, 4.69) is 37.2 Å². The lowest BCUT2D eigenvalue weighted by Crippen LogP contribution is -2.50. The summed E-state index contributed by atoms with van der Waals surface area (Å²) in [7, 11) is 0. The van der Waals surface area contributed by atoms with Gasteiger partial charge in [0.05, 0.1) is 17.9 Å². The predicted octanol–water partition coefficient (Wildman–Crippen LogP) is 1.45. The molecule has 8 atom stereocenters. The van der Waals surface area contributed by atoms with E-state index in [0.29, 0.717) is 6.54 Å². The van der Waals surface area contributed by atoms with Crippen LogP contribution >= 0.6 is 31.9 Å². The van der Waals surface area contributed by atoms with Crippen molar-refractivity contribution in [1.82, 2.24) is 10.2 Å². The second-order valence-corrected chi connectivity index (χ2v) is 9.72. The van der Waals surface area contributed by atoms with Crippen molar-refractivity contribution in [2.75, 3.05) is 13.2 Å². The van der Waals surface area contributed by atoms with Crippen molar-refractivity contribution in [2.45, 2.75) is 48.0 Å². The van der Waals surface area contributed by atoms with Crippen LogP contribution in [0.4, 0.5) is 0 Å². The van der Waals surface area contributed by atoms with E-state index in [4.69, 9.17) is 4.74 Å². The van der Waals surface area contributed by atoms with Crippen LogP contribution in [0.2, 0.25) is 0 Å². The van der Waals surface area contributed by atoms with Gasteiger partial charge in [-0.2, -0.15) is 0 Å². The Kier molecular flexibility index (Phi) is 4.73. The smallest absolute Gasteiger partial charge is 0.243 e. The number of carbonyl (C=O) groups is 3. The zero-order chi connectivity index (χ0) is 17.9. The maximum absolute atomic E-state index is 12.9. The van der Waals surface area contributed by atoms with Gasteiger partial charge in [0.2, 0.25) is 17.7 Å². The Balaban J connectivity index is 1.45. The van der Waals surface area contributed by atoms with Gasteiger partial charge < -0.3 is 10.1 Å².